The second-order valence-electron chi connectivity index (χ2n) is 8.03. The fourth-order valence-electron chi connectivity index (χ4n) is 3.16. The van der Waals surface area contributed by atoms with Gasteiger partial charge in [0.25, 0.3) is 5.56 Å². The Labute approximate surface area is 157 Å². The third-order valence-corrected chi connectivity index (χ3v) is 7.13. The van der Waals surface area contributed by atoms with Gasteiger partial charge in [-0.25, -0.2) is 4.98 Å². The van der Waals surface area contributed by atoms with E-state index in [1.54, 1.807) is 25.2 Å². The molecular weight excluding hydrogens is 352 g/mol. The molecule has 1 aliphatic rings. The van der Waals surface area contributed by atoms with Crippen molar-refractivity contribution in [2.75, 3.05) is 5.75 Å². The van der Waals surface area contributed by atoms with Gasteiger partial charge in [0.15, 0.2) is 5.16 Å². The molecule has 25 heavy (non-hydrogen) atoms. The molecule has 0 saturated heterocycles. The lowest BCUT2D eigenvalue weighted by molar-refractivity contribution is 0.107. The third-order valence-electron chi connectivity index (χ3n) is 4.52. The minimum Gasteiger partial charge on any atom is -0.390 e. The maximum atomic E-state index is 13.3. The van der Waals surface area contributed by atoms with Gasteiger partial charge < -0.3 is 5.11 Å². The van der Waals surface area contributed by atoms with Crippen molar-refractivity contribution >= 4 is 33.3 Å². The Morgan fingerprint density at radius 1 is 1.32 bits per heavy atom. The van der Waals surface area contributed by atoms with Crippen molar-refractivity contribution in [3.05, 3.63) is 20.8 Å². The molecule has 0 aromatic carbocycles. The topological polar surface area (TPSA) is 55.1 Å². The summed E-state index contributed by atoms with van der Waals surface area (Å²) in [6.45, 7) is 8.62. The Kier molecular flexibility index (Phi) is 5.61. The first kappa shape index (κ1) is 18.9. The molecule has 0 amide bonds. The normalized spacial score (nSPS) is 15.1. The van der Waals surface area contributed by atoms with E-state index in [0.29, 0.717) is 18.2 Å². The van der Waals surface area contributed by atoms with E-state index >= 15 is 0 Å². The van der Waals surface area contributed by atoms with E-state index < -0.39 is 5.60 Å². The number of fused-ring (bicyclic) bond motifs is 3. The van der Waals surface area contributed by atoms with Crippen molar-refractivity contribution in [1.82, 2.24) is 9.55 Å². The lowest BCUT2D eigenvalue weighted by Crippen LogP contribution is -2.27. The summed E-state index contributed by atoms with van der Waals surface area (Å²) in [5, 5.41) is 11.7. The summed E-state index contributed by atoms with van der Waals surface area (Å²) in [5.41, 5.74) is 0.582. The highest BCUT2D eigenvalue weighted by Gasteiger charge is 2.23. The summed E-state index contributed by atoms with van der Waals surface area (Å²) >= 11 is 3.18. The maximum Gasteiger partial charge on any atom is 0.263 e. The molecular formula is C19H28N2O2S2. The van der Waals surface area contributed by atoms with E-state index in [2.05, 4.69) is 13.8 Å². The number of thioether (sulfide) groups is 1. The molecule has 0 spiro atoms. The van der Waals surface area contributed by atoms with Gasteiger partial charge in [-0.2, -0.15) is 0 Å². The number of hydrogen-bond acceptors (Lipinski definition) is 5. The first-order valence-corrected chi connectivity index (χ1v) is 11.0. The minimum atomic E-state index is -0.783. The van der Waals surface area contributed by atoms with Gasteiger partial charge in [-0.15, -0.1) is 11.3 Å². The lowest BCUT2D eigenvalue weighted by atomic mass is 9.97. The summed E-state index contributed by atoms with van der Waals surface area (Å²) in [6.07, 6.45) is 5.41. The fraction of sp³-hybridized carbons (Fsp3) is 0.684. The van der Waals surface area contributed by atoms with Crippen LogP contribution in [0.3, 0.4) is 0 Å². The van der Waals surface area contributed by atoms with Gasteiger partial charge in [-0.1, -0.05) is 25.6 Å². The second kappa shape index (κ2) is 7.41. The molecule has 138 valence electrons. The molecule has 0 fully saturated rings. The van der Waals surface area contributed by atoms with Crippen LogP contribution >= 0.6 is 23.1 Å². The number of aromatic nitrogens is 2. The number of thiophene rings is 1. The van der Waals surface area contributed by atoms with E-state index in [9.17, 15) is 9.90 Å². The van der Waals surface area contributed by atoms with Crippen molar-refractivity contribution in [3.8, 4) is 0 Å². The van der Waals surface area contributed by atoms with Crippen molar-refractivity contribution in [2.45, 2.75) is 77.1 Å². The van der Waals surface area contributed by atoms with E-state index in [1.165, 1.54) is 35.0 Å². The minimum absolute atomic E-state index is 0.114. The van der Waals surface area contributed by atoms with Crippen LogP contribution in [0.15, 0.2) is 9.95 Å². The van der Waals surface area contributed by atoms with Gasteiger partial charge in [0, 0.05) is 17.2 Å². The molecule has 0 radical (unpaired) electrons. The highest BCUT2D eigenvalue weighted by Crippen LogP contribution is 2.35. The van der Waals surface area contributed by atoms with Gasteiger partial charge in [-0.05, 0) is 57.4 Å². The van der Waals surface area contributed by atoms with E-state index in [1.807, 2.05) is 4.57 Å². The molecule has 0 saturated carbocycles. The van der Waals surface area contributed by atoms with E-state index in [-0.39, 0.29) is 5.56 Å². The maximum absolute atomic E-state index is 13.3. The Bertz CT molecular complexity index is 815. The molecule has 6 heteroatoms. The van der Waals surface area contributed by atoms with Crippen molar-refractivity contribution in [1.29, 1.82) is 0 Å². The molecule has 2 heterocycles. The smallest absolute Gasteiger partial charge is 0.263 e. The van der Waals surface area contributed by atoms with Gasteiger partial charge >= 0.3 is 0 Å². The molecule has 3 rings (SSSR count). The average Bonchev–Trinajstić information content (AvgIpc) is 2.89. The Balaban J connectivity index is 2.08. The largest absolute Gasteiger partial charge is 0.390 e. The highest BCUT2D eigenvalue weighted by atomic mass is 32.2. The Morgan fingerprint density at radius 2 is 2.04 bits per heavy atom. The summed E-state index contributed by atoms with van der Waals surface area (Å²) in [7, 11) is 0. The van der Waals surface area contributed by atoms with Crippen molar-refractivity contribution in [3.63, 3.8) is 0 Å². The average molecular weight is 381 g/mol. The zero-order valence-electron chi connectivity index (χ0n) is 15.6. The van der Waals surface area contributed by atoms with Crippen LogP contribution < -0.4 is 5.56 Å². The molecule has 1 N–H and O–H groups in total. The number of hydrogen-bond donors (Lipinski definition) is 1. The van der Waals surface area contributed by atoms with Crippen LogP contribution in [0.25, 0.3) is 10.2 Å². The van der Waals surface area contributed by atoms with Crippen LogP contribution in [0, 0.1) is 5.92 Å². The highest BCUT2D eigenvalue weighted by molar-refractivity contribution is 7.99. The van der Waals surface area contributed by atoms with Crippen LogP contribution in [-0.2, 0) is 19.4 Å². The zero-order chi connectivity index (χ0) is 18.2. The van der Waals surface area contributed by atoms with Crippen LogP contribution in [-0.4, -0.2) is 26.0 Å². The molecule has 0 atom stereocenters. The number of nitrogens with zero attached hydrogens (tertiary/aromatic N) is 2. The van der Waals surface area contributed by atoms with Crippen LogP contribution in [0.5, 0.6) is 0 Å². The van der Waals surface area contributed by atoms with Crippen molar-refractivity contribution < 1.29 is 5.11 Å². The molecule has 0 aliphatic heterocycles. The van der Waals surface area contributed by atoms with Gasteiger partial charge in [0.1, 0.15) is 4.83 Å². The fourth-order valence-corrected chi connectivity index (χ4v) is 5.43. The third kappa shape index (κ3) is 4.29. The summed E-state index contributed by atoms with van der Waals surface area (Å²) in [6, 6.07) is 0. The van der Waals surface area contributed by atoms with Crippen LogP contribution in [0.1, 0.15) is 57.4 Å². The lowest BCUT2D eigenvalue weighted by Gasteiger charge is -2.18. The SMILES string of the molecule is CC(C)CCn1c(SCC(C)(C)O)nc2sc3c(c2c1=O)CCCC3. The Morgan fingerprint density at radius 3 is 2.72 bits per heavy atom. The second-order valence-corrected chi connectivity index (χ2v) is 10.1. The number of aryl methyl sites for hydroxylation is 2. The quantitative estimate of drug-likeness (QED) is 0.601. The molecule has 2 aromatic heterocycles. The van der Waals surface area contributed by atoms with Crippen LogP contribution in [0.2, 0.25) is 0 Å². The monoisotopic (exact) mass is 380 g/mol. The number of aliphatic hydroxyl groups is 1. The summed E-state index contributed by atoms with van der Waals surface area (Å²) in [4.78, 5) is 20.4. The van der Waals surface area contributed by atoms with Gasteiger partial charge in [-0.3, -0.25) is 9.36 Å². The van der Waals surface area contributed by atoms with E-state index in [4.69, 9.17) is 4.98 Å². The predicted molar refractivity (Wildman–Crippen MR) is 107 cm³/mol. The summed E-state index contributed by atoms with van der Waals surface area (Å²) < 4.78 is 1.85. The first-order valence-electron chi connectivity index (χ1n) is 9.16. The van der Waals surface area contributed by atoms with Crippen molar-refractivity contribution in [2.24, 2.45) is 5.92 Å². The Hall–Kier alpha value is -0.850. The number of rotatable bonds is 6. The molecule has 2 aromatic rings. The van der Waals surface area contributed by atoms with Gasteiger partial charge in [0.2, 0.25) is 0 Å². The van der Waals surface area contributed by atoms with Crippen LogP contribution in [0.4, 0.5) is 0 Å². The predicted octanol–water partition coefficient (Wildman–Crippen LogP) is 4.25. The molecule has 0 bridgehead atoms. The standard InChI is InChI=1S/C19H28N2O2S2/c1-12(2)9-10-21-17(22)15-13-7-5-6-8-14(13)25-16(15)20-18(21)24-11-19(3,4)23/h12,23H,5-11H2,1-4H3. The van der Waals surface area contributed by atoms with Gasteiger partial charge in [0.05, 0.1) is 11.0 Å². The molecule has 1 aliphatic carbocycles. The molecule has 0 unspecified atom stereocenters. The summed E-state index contributed by atoms with van der Waals surface area (Å²) in [5.74, 6) is 1.06. The molecule has 4 nitrogen and oxygen atoms in total. The zero-order valence-corrected chi connectivity index (χ0v) is 17.2. The first-order chi connectivity index (χ1) is 11.8. The van der Waals surface area contributed by atoms with E-state index in [0.717, 1.165) is 34.6 Å².